The Balaban J connectivity index is 1.80. The van der Waals surface area contributed by atoms with Crippen LogP contribution in [-0.4, -0.2) is 22.6 Å². The van der Waals surface area contributed by atoms with E-state index in [1.165, 1.54) is 6.39 Å². The van der Waals surface area contributed by atoms with Crippen molar-refractivity contribution in [2.24, 2.45) is 11.3 Å². The number of rotatable bonds is 4. The molecule has 0 bridgehead atoms. The number of nitriles is 1. The maximum atomic E-state index is 11.9. The first-order valence-electron chi connectivity index (χ1n) is 5.61. The van der Waals surface area contributed by atoms with Crippen LogP contribution in [0.5, 0.6) is 0 Å². The highest BCUT2D eigenvalue weighted by molar-refractivity contribution is 5.86. The number of aromatic nitrogens is 2. The van der Waals surface area contributed by atoms with Gasteiger partial charge in [0, 0.05) is 13.0 Å². The van der Waals surface area contributed by atoms with Crippen LogP contribution in [-0.2, 0) is 11.2 Å². The van der Waals surface area contributed by atoms with Crippen LogP contribution in [0.25, 0.3) is 0 Å². The van der Waals surface area contributed by atoms with Crippen LogP contribution >= 0.6 is 0 Å². The summed E-state index contributed by atoms with van der Waals surface area (Å²) in [5.41, 5.74) is -0.809. The van der Waals surface area contributed by atoms with Gasteiger partial charge in [0.05, 0.1) is 6.07 Å². The van der Waals surface area contributed by atoms with Crippen LogP contribution in [0, 0.1) is 22.7 Å². The topological polar surface area (TPSA) is 91.8 Å². The number of nitrogens with zero attached hydrogens (tertiary/aromatic N) is 3. The van der Waals surface area contributed by atoms with E-state index in [1.807, 2.05) is 6.92 Å². The second-order valence-electron chi connectivity index (χ2n) is 4.56. The molecule has 1 fully saturated rings. The van der Waals surface area contributed by atoms with E-state index in [4.69, 9.17) is 5.26 Å². The zero-order chi connectivity index (χ0) is 12.3. The lowest BCUT2D eigenvalue weighted by Crippen LogP contribution is -2.48. The average Bonchev–Trinajstić information content (AvgIpc) is 2.77. The Morgan fingerprint density at radius 1 is 1.76 bits per heavy atom. The molecule has 1 aliphatic carbocycles. The van der Waals surface area contributed by atoms with Crippen molar-refractivity contribution in [2.75, 3.05) is 6.54 Å². The molecule has 0 aromatic carbocycles. The summed E-state index contributed by atoms with van der Waals surface area (Å²) in [6, 6.07) is 2.13. The molecular weight excluding hydrogens is 220 g/mol. The molecule has 17 heavy (non-hydrogen) atoms. The highest BCUT2D eigenvalue weighted by atomic mass is 16.5. The van der Waals surface area contributed by atoms with Crippen LogP contribution in [0.1, 0.15) is 25.6 Å². The van der Waals surface area contributed by atoms with Crippen molar-refractivity contribution in [1.82, 2.24) is 15.5 Å². The molecule has 1 N–H and O–H groups in total. The quantitative estimate of drug-likeness (QED) is 0.826. The van der Waals surface area contributed by atoms with Crippen molar-refractivity contribution in [3.05, 3.63) is 12.2 Å². The number of nitrogens with one attached hydrogen (secondary N) is 1. The fraction of sp³-hybridized carbons (Fsp3) is 0.636. The fourth-order valence-electron chi connectivity index (χ4n) is 2.22. The minimum atomic E-state index is -0.809. The molecule has 1 amide bonds. The van der Waals surface area contributed by atoms with Crippen molar-refractivity contribution in [2.45, 2.75) is 26.2 Å². The van der Waals surface area contributed by atoms with Gasteiger partial charge in [0.1, 0.15) is 5.41 Å². The number of carbonyl (C=O) groups excluding carboxylic acids is 1. The molecule has 6 heteroatoms. The normalized spacial score (nSPS) is 26.9. The van der Waals surface area contributed by atoms with Gasteiger partial charge in [-0.25, -0.2) is 0 Å². The van der Waals surface area contributed by atoms with E-state index in [0.29, 0.717) is 37.5 Å². The van der Waals surface area contributed by atoms with E-state index < -0.39 is 5.41 Å². The van der Waals surface area contributed by atoms with Crippen molar-refractivity contribution in [3.8, 4) is 6.07 Å². The average molecular weight is 234 g/mol. The van der Waals surface area contributed by atoms with Gasteiger partial charge in [0.25, 0.3) is 0 Å². The third-order valence-electron chi connectivity index (χ3n) is 3.08. The molecule has 0 radical (unpaired) electrons. The monoisotopic (exact) mass is 234 g/mol. The van der Waals surface area contributed by atoms with Gasteiger partial charge in [-0.05, 0) is 18.8 Å². The predicted molar refractivity (Wildman–Crippen MR) is 57.5 cm³/mol. The Labute approximate surface area is 99.0 Å². The minimum absolute atomic E-state index is 0.179. The first-order valence-corrected chi connectivity index (χ1v) is 5.61. The molecule has 2 rings (SSSR count). The van der Waals surface area contributed by atoms with E-state index in [2.05, 4.69) is 26.0 Å². The molecule has 0 unspecified atom stereocenters. The van der Waals surface area contributed by atoms with E-state index in [0.717, 1.165) is 0 Å². The highest BCUT2D eigenvalue weighted by Gasteiger charge is 2.48. The van der Waals surface area contributed by atoms with Gasteiger partial charge >= 0.3 is 0 Å². The zero-order valence-corrected chi connectivity index (χ0v) is 9.64. The van der Waals surface area contributed by atoms with Crippen molar-refractivity contribution < 1.29 is 9.32 Å². The summed E-state index contributed by atoms with van der Waals surface area (Å²) in [4.78, 5) is 15.7. The molecule has 1 aromatic rings. The van der Waals surface area contributed by atoms with Crippen molar-refractivity contribution >= 4 is 5.91 Å². The van der Waals surface area contributed by atoms with Crippen LogP contribution in [0.4, 0.5) is 0 Å². The first-order chi connectivity index (χ1) is 8.16. The zero-order valence-electron chi connectivity index (χ0n) is 9.64. The molecular formula is C11H14N4O2. The van der Waals surface area contributed by atoms with E-state index >= 15 is 0 Å². The van der Waals surface area contributed by atoms with Crippen LogP contribution < -0.4 is 5.32 Å². The number of hydrogen-bond acceptors (Lipinski definition) is 5. The van der Waals surface area contributed by atoms with E-state index in [1.54, 1.807) is 0 Å². The van der Waals surface area contributed by atoms with Gasteiger partial charge in [0.2, 0.25) is 12.3 Å². The Hall–Kier alpha value is -1.90. The molecule has 6 nitrogen and oxygen atoms in total. The van der Waals surface area contributed by atoms with Gasteiger partial charge in [-0.15, -0.1) is 0 Å². The summed E-state index contributed by atoms with van der Waals surface area (Å²) in [5, 5.41) is 15.4. The van der Waals surface area contributed by atoms with E-state index in [9.17, 15) is 4.79 Å². The predicted octanol–water partition coefficient (Wildman–Crippen LogP) is 0.668. The van der Waals surface area contributed by atoms with Crippen LogP contribution in [0.2, 0.25) is 0 Å². The summed E-state index contributed by atoms with van der Waals surface area (Å²) < 4.78 is 4.58. The van der Waals surface area contributed by atoms with Crippen molar-refractivity contribution in [1.29, 1.82) is 5.26 Å². The Bertz CT molecular complexity index is 429. The molecule has 0 spiro atoms. The molecule has 1 aliphatic rings. The molecule has 1 saturated carbocycles. The number of amides is 1. The Morgan fingerprint density at radius 2 is 2.53 bits per heavy atom. The SMILES string of the molecule is CC1CC(C#N)(C(=O)NCCc2ncon2)C1. The number of hydrogen-bond donors (Lipinski definition) is 1. The second kappa shape index (κ2) is 4.53. The summed E-state index contributed by atoms with van der Waals surface area (Å²) in [7, 11) is 0. The largest absolute Gasteiger partial charge is 0.354 e. The third-order valence-corrected chi connectivity index (χ3v) is 3.08. The molecule has 1 aromatic heterocycles. The lowest BCUT2D eigenvalue weighted by Gasteiger charge is -2.39. The van der Waals surface area contributed by atoms with Crippen molar-refractivity contribution in [3.63, 3.8) is 0 Å². The Kier molecular flexibility index (Phi) is 3.09. The maximum Gasteiger partial charge on any atom is 0.240 e. The lowest BCUT2D eigenvalue weighted by molar-refractivity contribution is -0.133. The molecule has 0 aliphatic heterocycles. The molecule has 1 heterocycles. The van der Waals surface area contributed by atoms with Crippen LogP contribution in [0.3, 0.4) is 0 Å². The Morgan fingerprint density at radius 3 is 3.06 bits per heavy atom. The lowest BCUT2D eigenvalue weighted by atomic mass is 9.63. The maximum absolute atomic E-state index is 11.9. The van der Waals surface area contributed by atoms with Gasteiger partial charge in [-0.3, -0.25) is 4.79 Å². The fourth-order valence-corrected chi connectivity index (χ4v) is 2.22. The summed E-state index contributed by atoms with van der Waals surface area (Å²) in [6.45, 7) is 2.47. The summed E-state index contributed by atoms with van der Waals surface area (Å²) >= 11 is 0. The highest BCUT2D eigenvalue weighted by Crippen LogP contribution is 2.44. The van der Waals surface area contributed by atoms with E-state index in [-0.39, 0.29) is 5.91 Å². The number of carbonyl (C=O) groups is 1. The first kappa shape index (κ1) is 11.6. The van der Waals surface area contributed by atoms with Crippen LogP contribution in [0.15, 0.2) is 10.9 Å². The molecule has 0 atom stereocenters. The second-order valence-corrected chi connectivity index (χ2v) is 4.56. The van der Waals surface area contributed by atoms with Gasteiger partial charge < -0.3 is 9.84 Å². The van der Waals surface area contributed by atoms with Gasteiger partial charge in [0.15, 0.2) is 5.82 Å². The molecule has 0 saturated heterocycles. The minimum Gasteiger partial charge on any atom is -0.354 e. The summed E-state index contributed by atoms with van der Waals surface area (Å²) in [5.74, 6) is 0.831. The molecule has 90 valence electrons. The van der Waals surface area contributed by atoms with Gasteiger partial charge in [-0.2, -0.15) is 10.2 Å². The standard InChI is InChI=1S/C11H14N4O2/c1-8-4-11(5-8,6-12)10(16)13-3-2-9-14-7-17-15-9/h7-8H,2-5H2,1H3,(H,13,16). The third kappa shape index (κ3) is 2.28. The summed E-state index contributed by atoms with van der Waals surface area (Å²) in [6.07, 6.45) is 3.07. The van der Waals surface area contributed by atoms with Gasteiger partial charge in [-0.1, -0.05) is 12.1 Å². The smallest absolute Gasteiger partial charge is 0.240 e.